The molecule has 0 unspecified atom stereocenters. The molecule has 1 nitrogen and oxygen atoms in total. The van der Waals surface area contributed by atoms with Crippen molar-refractivity contribution >= 4 is 13.3 Å². The summed E-state index contributed by atoms with van der Waals surface area (Å²) in [6.07, 6.45) is 1.77. The van der Waals surface area contributed by atoms with Gasteiger partial charge in [0.1, 0.15) is 0 Å². The molecule has 0 fully saturated rings. The summed E-state index contributed by atoms with van der Waals surface area (Å²) in [5, 5.41) is 0. The number of unbranched alkanes of at least 4 members (excludes halogenated alkanes) is 1. The lowest BCUT2D eigenvalue weighted by atomic mass is 9.96. The summed E-state index contributed by atoms with van der Waals surface area (Å²) in [5.74, 6) is -1.35. The van der Waals surface area contributed by atoms with Gasteiger partial charge in [0, 0.05) is 0 Å². The Balaban J connectivity index is 2.75. The van der Waals surface area contributed by atoms with Crippen LogP contribution in [0.15, 0.2) is 12.1 Å². The molecule has 0 N–H and O–H groups in total. The van der Waals surface area contributed by atoms with E-state index in [1.165, 1.54) is 12.1 Å². The average Bonchev–Trinajstić information content (AvgIpc) is 2.09. The van der Waals surface area contributed by atoms with Crippen LogP contribution < -0.4 is 10.2 Å². The summed E-state index contributed by atoms with van der Waals surface area (Å²) in [6.45, 7) is 2.38. The Morgan fingerprint density at radius 2 is 1.86 bits per heavy atom. The van der Waals surface area contributed by atoms with E-state index in [4.69, 9.17) is 4.74 Å². The second-order valence-electron chi connectivity index (χ2n) is 2.68. The molecule has 78 valence electrons. The lowest BCUT2D eigenvalue weighted by molar-refractivity contribution is 0.279. The quantitative estimate of drug-likeness (QED) is 0.521. The molecule has 1 aromatic rings. The van der Waals surface area contributed by atoms with Gasteiger partial charge < -0.3 is 4.74 Å². The summed E-state index contributed by atoms with van der Waals surface area (Å²) < 4.78 is 31.5. The van der Waals surface area contributed by atoms with Crippen molar-refractivity contribution in [2.24, 2.45) is 0 Å². The van der Waals surface area contributed by atoms with Gasteiger partial charge >= 0.3 is 0 Å². The van der Waals surface area contributed by atoms with E-state index in [0.29, 0.717) is 6.61 Å². The van der Waals surface area contributed by atoms with Gasteiger partial charge in [-0.3, -0.25) is 0 Å². The zero-order valence-corrected chi connectivity index (χ0v) is 7.44. The van der Waals surface area contributed by atoms with Crippen molar-refractivity contribution in [3.63, 3.8) is 0 Å². The lowest BCUT2D eigenvalue weighted by Crippen LogP contribution is -2.08. The van der Waals surface area contributed by atoms with Gasteiger partial charge in [0.05, 0.1) is 6.61 Å². The molecule has 0 saturated heterocycles. The summed E-state index contributed by atoms with van der Waals surface area (Å²) >= 11 is 0. The fourth-order valence-electron chi connectivity index (χ4n) is 0.890. The zero-order valence-electron chi connectivity index (χ0n) is 7.44. The number of benzene rings is 1. The Morgan fingerprint density at radius 1 is 1.29 bits per heavy atom. The van der Waals surface area contributed by atoms with Crippen LogP contribution in [0.2, 0.25) is 0 Å². The van der Waals surface area contributed by atoms with E-state index < -0.39 is 11.6 Å². The maximum Gasteiger partial charge on any atom is 0.190 e. The minimum absolute atomic E-state index is 0.163. The first kappa shape index (κ1) is 11.0. The highest BCUT2D eigenvalue weighted by Crippen LogP contribution is 2.19. The molecule has 0 aliphatic carbocycles. The highest BCUT2D eigenvalue weighted by molar-refractivity contribution is 6.32. The molecule has 0 atom stereocenters. The second kappa shape index (κ2) is 4.98. The summed E-state index contributed by atoms with van der Waals surface area (Å²) in [4.78, 5) is 0. The van der Waals surface area contributed by atoms with Gasteiger partial charge in [0.25, 0.3) is 0 Å². The van der Waals surface area contributed by atoms with Gasteiger partial charge in [-0.2, -0.15) is 0 Å². The SMILES string of the molecule is [BH3-]c1cc(F)c(OCCCC)c(F)c1. The molecular weight excluding hydrogens is 185 g/mol. The first-order chi connectivity index (χ1) is 6.65. The predicted molar refractivity (Wildman–Crippen MR) is 56.3 cm³/mol. The number of hydrogen-bond acceptors (Lipinski definition) is 1. The van der Waals surface area contributed by atoms with Gasteiger partial charge in [-0.15, -0.1) is 0 Å². The topological polar surface area (TPSA) is 9.23 Å². The molecule has 0 aliphatic rings. The Kier molecular flexibility index (Phi) is 3.92. The van der Waals surface area contributed by atoms with E-state index in [0.717, 1.165) is 18.3 Å². The van der Waals surface area contributed by atoms with Gasteiger partial charge in [-0.05, 0) is 14.3 Å². The second-order valence-corrected chi connectivity index (χ2v) is 2.68. The van der Waals surface area contributed by atoms with Crippen molar-refractivity contribution < 1.29 is 13.5 Å². The standard InChI is InChI=1S/C10H14BF2O/c1-2-3-4-14-10-8(12)5-7(11)6-9(10)13/h5-6H,2-4H2,1,11H3/q-1. The van der Waals surface area contributed by atoms with Crippen LogP contribution in [0.5, 0.6) is 5.75 Å². The molecular formula is C10H14BF2O-. The first-order valence-electron chi connectivity index (χ1n) is 4.23. The van der Waals surface area contributed by atoms with Crippen LogP contribution in [0.4, 0.5) is 8.78 Å². The van der Waals surface area contributed by atoms with E-state index in [1.54, 1.807) is 0 Å². The monoisotopic (exact) mass is 199 g/mol. The van der Waals surface area contributed by atoms with Crippen molar-refractivity contribution in [2.75, 3.05) is 6.61 Å². The normalized spacial score (nSPS) is 10.3. The van der Waals surface area contributed by atoms with Gasteiger partial charge in [0.15, 0.2) is 17.4 Å². The summed E-state index contributed by atoms with van der Waals surface area (Å²) in [5.41, 5.74) is 0.808. The van der Waals surface area contributed by atoms with Crippen LogP contribution in [-0.4, -0.2) is 14.5 Å². The van der Waals surface area contributed by atoms with Gasteiger partial charge in [0.2, 0.25) is 0 Å². The van der Waals surface area contributed by atoms with Crippen molar-refractivity contribution in [3.05, 3.63) is 23.8 Å². The van der Waals surface area contributed by atoms with Crippen LogP contribution in [-0.2, 0) is 0 Å². The summed E-state index contributed by atoms with van der Waals surface area (Å²) in [7, 11) is -0.163. The number of hydrogen-bond donors (Lipinski definition) is 0. The summed E-state index contributed by atoms with van der Waals surface area (Å²) in [6, 6.07) is 2.76. The molecule has 0 saturated carbocycles. The predicted octanol–water partition coefficient (Wildman–Crippen LogP) is 1.13. The molecule has 1 rings (SSSR count). The minimum Gasteiger partial charge on any atom is -0.488 e. The largest absolute Gasteiger partial charge is 0.488 e. The highest BCUT2D eigenvalue weighted by atomic mass is 19.1. The maximum absolute atomic E-state index is 13.2. The molecule has 14 heavy (non-hydrogen) atoms. The van der Waals surface area contributed by atoms with Gasteiger partial charge in [-0.25, -0.2) is 14.2 Å². The zero-order chi connectivity index (χ0) is 10.6. The van der Waals surface area contributed by atoms with E-state index >= 15 is 0 Å². The third-order valence-corrected chi connectivity index (χ3v) is 1.60. The Morgan fingerprint density at radius 3 is 2.36 bits per heavy atom. The fourth-order valence-corrected chi connectivity index (χ4v) is 0.890. The Bertz CT molecular complexity index is 292. The molecule has 0 aromatic heterocycles. The van der Waals surface area contributed by atoms with Crippen molar-refractivity contribution in [1.29, 1.82) is 0 Å². The lowest BCUT2D eigenvalue weighted by Gasteiger charge is -2.09. The van der Waals surface area contributed by atoms with Crippen LogP contribution in [0.1, 0.15) is 19.8 Å². The van der Waals surface area contributed by atoms with Crippen molar-refractivity contribution in [1.82, 2.24) is 0 Å². The van der Waals surface area contributed by atoms with Crippen LogP contribution in [0.25, 0.3) is 0 Å². The van der Waals surface area contributed by atoms with E-state index in [2.05, 4.69) is 0 Å². The molecule has 0 spiro atoms. The molecule has 0 aliphatic heterocycles. The van der Waals surface area contributed by atoms with E-state index in [1.807, 2.05) is 6.92 Å². The van der Waals surface area contributed by atoms with Crippen LogP contribution in [0, 0.1) is 11.6 Å². The van der Waals surface area contributed by atoms with E-state index in [9.17, 15) is 8.78 Å². The van der Waals surface area contributed by atoms with Crippen molar-refractivity contribution in [3.8, 4) is 5.75 Å². The Labute approximate surface area is 83.5 Å². The third kappa shape index (κ3) is 2.72. The van der Waals surface area contributed by atoms with E-state index in [-0.39, 0.29) is 13.6 Å². The third-order valence-electron chi connectivity index (χ3n) is 1.60. The molecule has 0 radical (unpaired) electrons. The number of halogens is 2. The molecule has 4 heteroatoms. The van der Waals surface area contributed by atoms with Crippen LogP contribution in [0.3, 0.4) is 0 Å². The highest BCUT2D eigenvalue weighted by Gasteiger charge is 2.09. The fraction of sp³-hybridized carbons (Fsp3) is 0.400. The first-order valence-corrected chi connectivity index (χ1v) is 4.23. The van der Waals surface area contributed by atoms with Gasteiger partial charge in [-0.1, -0.05) is 25.5 Å². The average molecular weight is 199 g/mol. The smallest absolute Gasteiger partial charge is 0.190 e. The molecule has 0 amide bonds. The maximum atomic E-state index is 13.2. The van der Waals surface area contributed by atoms with Crippen molar-refractivity contribution in [2.45, 2.75) is 19.8 Å². The molecule has 0 heterocycles. The molecule has 0 bridgehead atoms. The molecule has 1 aromatic carbocycles. The Hall–Kier alpha value is -1.06. The minimum atomic E-state index is -0.564. The van der Waals surface area contributed by atoms with Crippen LogP contribution >= 0.6 is 0 Å². The number of rotatable bonds is 4. The number of ether oxygens (including phenoxy) is 1.